The average Bonchev–Trinajstić information content (AvgIpc) is 2.85. The average molecular weight is 274 g/mol. The monoisotopic (exact) mass is 274 g/mol. The number of pyridine rings is 1. The zero-order valence-corrected chi connectivity index (χ0v) is 12.5. The smallest absolute Gasteiger partial charge is 0.219 e. The Morgan fingerprint density at radius 2 is 2.05 bits per heavy atom. The summed E-state index contributed by atoms with van der Waals surface area (Å²) < 4.78 is 7.60. The van der Waals surface area contributed by atoms with E-state index in [0.29, 0.717) is 23.7 Å². The molecule has 108 valence electrons. The zero-order valence-electron chi connectivity index (χ0n) is 12.5. The van der Waals surface area contributed by atoms with Crippen LogP contribution in [0.25, 0.3) is 0 Å². The maximum Gasteiger partial charge on any atom is 0.219 e. The molecule has 0 atom stereocenters. The third-order valence-electron chi connectivity index (χ3n) is 2.80. The van der Waals surface area contributed by atoms with Gasteiger partial charge in [-0.2, -0.15) is 5.10 Å². The van der Waals surface area contributed by atoms with E-state index in [4.69, 9.17) is 4.74 Å². The first-order valence-electron chi connectivity index (χ1n) is 6.96. The van der Waals surface area contributed by atoms with Gasteiger partial charge in [0.2, 0.25) is 5.88 Å². The van der Waals surface area contributed by atoms with Crippen LogP contribution in [0.15, 0.2) is 30.6 Å². The number of ether oxygens (including phenoxy) is 1. The summed E-state index contributed by atoms with van der Waals surface area (Å²) in [4.78, 5) is 4.47. The first-order chi connectivity index (χ1) is 9.54. The molecule has 1 N–H and O–H groups in total. The topological polar surface area (TPSA) is 52.0 Å². The van der Waals surface area contributed by atoms with Crippen LogP contribution in [0.5, 0.6) is 11.6 Å². The van der Waals surface area contributed by atoms with E-state index in [9.17, 15) is 0 Å². The lowest BCUT2D eigenvalue weighted by molar-refractivity contribution is 0.455. The molecule has 5 heteroatoms. The van der Waals surface area contributed by atoms with Gasteiger partial charge in [0.05, 0.1) is 18.1 Å². The molecule has 0 fully saturated rings. The quantitative estimate of drug-likeness (QED) is 0.879. The molecule has 2 rings (SSSR count). The molecule has 0 saturated carbocycles. The Morgan fingerprint density at radius 1 is 1.25 bits per heavy atom. The van der Waals surface area contributed by atoms with Gasteiger partial charge in [0.25, 0.3) is 0 Å². The largest absolute Gasteiger partial charge is 0.436 e. The fraction of sp³-hybridized carbons (Fsp3) is 0.467. The predicted octanol–water partition coefficient (Wildman–Crippen LogP) is 3.15. The van der Waals surface area contributed by atoms with Crippen molar-refractivity contribution in [2.24, 2.45) is 0 Å². The van der Waals surface area contributed by atoms with E-state index < -0.39 is 0 Å². The van der Waals surface area contributed by atoms with E-state index in [0.717, 1.165) is 12.2 Å². The number of nitrogens with zero attached hydrogens (tertiary/aromatic N) is 3. The standard InChI is InChI=1S/C15H22N4O/c1-11(2)16-8-13-6-5-7-15(18-13)20-14-9-17-19(10-14)12(3)4/h5-7,9-12,16H,8H2,1-4H3. The second kappa shape index (κ2) is 6.52. The van der Waals surface area contributed by atoms with Crippen molar-refractivity contribution in [3.8, 4) is 11.6 Å². The third kappa shape index (κ3) is 4.06. The minimum Gasteiger partial charge on any atom is -0.436 e. The predicted molar refractivity (Wildman–Crippen MR) is 78.9 cm³/mol. The van der Waals surface area contributed by atoms with Gasteiger partial charge in [-0.1, -0.05) is 19.9 Å². The van der Waals surface area contributed by atoms with E-state index in [1.807, 2.05) is 29.1 Å². The SMILES string of the molecule is CC(C)NCc1cccc(Oc2cnn(C(C)C)c2)n1. The summed E-state index contributed by atoms with van der Waals surface area (Å²) in [5, 5.41) is 7.58. The van der Waals surface area contributed by atoms with E-state index in [2.05, 4.69) is 43.1 Å². The summed E-state index contributed by atoms with van der Waals surface area (Å²) in [5.74, 6) is 1.30. The van der Waals surface area contributed by atoms with Gasteiger partial charge in [-0.3, -0.25) is 4.68 Å². The third-order valence-corrected chi connectivity index (χ3v) is 2.80. The maximum atomic E-state index is 5.73. The molecule has 0 bridgehead atoms. The molecule has 5 nitrogen and oxygen atoms in total. The summed E-state index contributed by atoms with van der Waals surface area (Å²) in [7, 11) is 0. The van der Waals surface area contributed by atoms with Gasteiger partial charge in [-0.25, -0.2) is 4.98 Å². The minimum atomic E-state index is 0.321. The highest BCUT2D eigenvalue weighted by Crippen LogP contribution is 2.20. The Kier molecular flexibility index (Phi) is 4.74. The number of rotatable bonds is 6. The summed E-state index contributed by atoms with van der Waals surface area (Å²) in [6, 6.07) is 6.55. The van der Waals surface area contributed by atoms with Crippen LogP contribution in [0.4, 0.5) is 0 Å². The Hall–Kier alpha value is -1.88. The molecule has 2 aromatic heterocycles. The van der Waals surface area contributed by atoms with E-state index in [-0.39, 0.29) is 0 Å². The Labute approximate surface area is 120 Å². The van der Waals surface area contributed by atoms with Crippen molar-refractivity contribution >= 4 is 0 Å². The molecular weight excluding hydrogens is 252 g/mol. The summed E-state index contributed by atoms with van der Waals surface area (Å²) in [5.41, 5.74) is 0.965. The summed E-state index contributed by atoms with van der Waals surface area (Å²) in [6.45, 7) is 9.11. The van der Waals surface area contributed by atoms with Crippen molar-refractivity contribution in [2.75, 3.05) is 0 Å². The van der Waals surface area contributed by atoms with Crippen molar-refractivity contribution in [1.29, 1.82) is 0 Å². The second-order valence-corrected chi connectivity index (χ2v) is 5.35. The van der Waals surface area contributed by atoms with Crippen LogP contribution in [0, 0.1) is 0 Å². The van der Waals surface area contributed by atoms with Crippen LogP contribution < -0.4 is 10.1 Å². The zero-order chi connectivity index (χ0) is 14.5. The number of hydrogen-bond donors (Lipinski definition) is 1. The first-order valence-corrected chi connectivity index (χ1v) is 6.96. The van der Waals surface area contributed by atoms with Gasteiger partial charge in [0.1, 0.15) is 0 Å². The Bertz CT molecular complexity index is 548. The van der Waals surface area contributed by atoms with Crippen molar-refractivity contribution in [2.45, 2.75) is 46.3 Å². The Balaban J connectivity index is 2.03. The molecule has 0 amide bonds. The molecule has 0 aliphatic rings. The molecule has 0 spiro atoms. The normalized spacial score (nSPS) is 11.3. The maximum absolute atomic E-state index is 5.73. The molecular formula is C15H22N4O. The highest BCUT2D eigenvalue weighted by Gasteiger charge is 2.05. The molecule has 0 radical (unpaired) electrons. The lowest BCUT2D eigenvalue weighted by atomic mass is 10.3. The molecule has 0 aromatic carbocycles. The number of hydrogen-bond acceptors (Lipinski definition) is 4. The molecule has 0 aliphatic carbocycles. The first kappa shape index (κ1) is 14.5. The van der Waals surface area contributed by atoms with Crippen molar-refractivity contribution in [3.63, 3.8) is 0 Å². The van der Waals surface area contributed by atoms with E-state index in [1.54, 1.807) is 6.20 Å². The van der Waals surface area contributed by atoms with Crippen LogP contribution in [0.1, 0.15) is 39.4 Å². The van der Waals surface area contributed by atoms with Crippen LogP contribution in [-0.4, -0.2) is 20.8 Å². The van der Waals surface area contributed by atoms with Gasteiger partial charge < -0.3 is 10.1 Å². The van der Waals surface area contributed by atoms with E-state index >= 15 is 0 Å². The highest BCUT2D eigenvalue weighted by atomic mass is 16.5. The number of nitrogens with one attached hydrogen (secondary N) is 1. The minimum absolute atomic E-state index is 0.321. The molecule has 2 heterocycles. The number of aromatic nitrogens is 3. The van der Waals surface area contributed by atoms with E-state index in [1.165, 1.54) is 0 Å². The molecule has 0 unspecified atom stereocenters. The van der Waals surface area contributed by atoms with Crippen molar-refractivity contribution < 1.29 is 4.74 Å². The van der Waals surface area contributed by atoms with Crippen molar-refractivity contribution in [3.05, 3.63) is 36.3 Å². The van der Waals surface area contributed by atoms with Crippen LogP contribution >= 0.6 is 0 Å². The van der Waals surface area contributed by atoms with Gasteiger partial charge in [0, 0.05) is 24.7 Å². The molecule has 0 aliphatic heterocycles. The van der Waals surface area contributed by atoms with Crippen molar-refractivity contribution in [1.82, 2.24) is 20.1 Å². The fourth-order valence-corrected chi connectivity index (χ4v) is 1.70. The lowest BCUT2D eigenvalue weighted by Crippen LogP contribution is -2.22. The van der Waals surface area contributed by atoms with Gasteiger partial charge in [-0.15, -0.1) is 0 Å². The van der Waals surface area contributed by atoms with Gasteiger partial charge >= 0.3 is 0 Å². The lowest BCUT2D eigenvalue weighted by Gasteiger charge is -2.08. The molecule has 0 saturated heterocycles. The molecule has 2 aromatic rings. The highest BCUT2D eigenvalue weighted by molar-refractivity contribution is 5.23. The fourth-order valence-electron chi connectivity index (χ4n) is 1.70. The van der Waals surface area contributed by atoms with Crippen LogP contribution in [0.3, 0.4) is 0 Å². The molecule has 20 heavy (non-hydrogen) atoms. The van der Waals surface area contributed by atoms with Crippen LogP contribution in [-0.2, 0) is 6.54 Å². The Morgan fingerprint density at radius 3 is 2.70 bits per heavy atom. The summed E-state index contributed by atoms with van der Waals surface area (Å²) >= 11 is 0. The van der Waals surface area contributed by atoms with Gasteiger partial charge in [0.15, 0.2) is 5.75 Å². The van der Waals surface area contributed by atoms with Crippen LogP contribution in [0.2, 0.25) is 0 Å². The second-order valence-electron chi connectivity index (χ2n) is 5.35. The summed E-state index contributed by atoms with van der Waals surface area (Å²) in [6.07, 6.45) is 3.59. The van der Waals surface area contributed by atoms with Gasteiger partial charge in [-0.05, 0) is 19.9 Å².